The van der Waals surface area contributed by atoms with Crippen molar-refractivity contribution in [2.75, 3.05) is 35.7 Å². The average Bonchev–Trinajstić information content (AvgIpc) is 3.40. The first-order valence-corrected chi connectivity index (χ1v) is 12.3. The molecule has 2 aliphatic heterocycles. The molecule has 168 valence electrons. The summed E-state index contributed by atoms with van der Waals surface area (Å²) < 4.78 is 8.05. The maximum Gasteiger partial charge on any atom is 0.234 e. The summed E-state index contributed by atoms with van der Waals surface area (Å²) in [5, 5.41) is 12.8. The number of hydrogen-bond acceptors (Lipinski definition) is 6. The summed E-state index contributed by atoms with van der Waals surface area (Å²) in [6.45, 7) is 10.0. The number of carbonyl (C=O) groups excluding carboxylic acids is 1. The molecule has 1 unspecified atom stereocenters. The van der Waals surface area contributed by atoms with Crippen molar-refractivity contribution in [2.45, 2.75) is 64.3 Å². The third-order valence-corrected chi connectivity index (χ3v) is 7.26. The maximum atomic E-state index is 12.6. The highest BCUT2D eigenvalue weighted by Crippen LogP contribution is 2.28. The van der Waals surface area contributed by atoms with E-state index in [1.54, 1.807) is 0 Å². The van der Waals surface area contributed by atoms with E-state index in [-0.39, 0.29) is 12.0 Å². The van der Waals surface area contributed by atoms with Gasteiger partial charge in [0.1, 0.15) is 0 Å². The molecule has 3 heterocycles. The van der Waals surface area contributed by atoms with Crippen LogP contribution in [0.2, 0.25) is 0 Å². The fraction of sp³-hybridized carbons (Fsp3) is 0.609. The predicted octanol–water partition coefficient (Wildman–Crippen LogP) is 4.04. The van der Waals surface area contributed by atoms with E-state index >= 15 is 0 Å². The van der Waals surface area contributed by atoms with Gasteiger partial charge in [0.15, 0.2) is 5.16 Å². The Hall–Kier alpha value is -2.06. The quantitative estimate of drug-likeness (QED) is 0.651. The van der Waals surface area contributed by atoms with Crippen molar-refractivity contribution < 1.29 is 9.53 Å². The number of anilines is 2. The van der Waals surface area contributed by atoms with Crippen molar-refractivity contribution in [1.82, 2.24) is 14.8 Å². The number of aryl methyl sites for hydroxylation is 2. The van der Waals surface area contributed by atoms with Gasteiger partial charge in [-0.1, -0.05) is 24.8 Å². The van der Waals surface area contributed by atoms with Crippen LogP contribution in [0.3, 0.4) is 0 Å². The van der Waals surface area contributed by atoms with Gasteiger partial charge in [0.2, 0.25) is 11.9 Å². The molecular weight excluding hydrogens is 410 g/mol. The van der Waals surface area contributed by atoms with Crippen LogP contribution in [0.5, 0.6) is 0 Å². The van der Waals surface area contributed by atoms with Gasteiger partial charge in [-0.25, -0.2) is 0 Å². The van der Waals surface area contributed by atoms with Crippen LogP contribution < -0.4 is 10.2 Å². The van der Waals surface area contributed by atoms with E-state index in [2.05, 4.69) is 45.8 Å². The number of benzene rings is 1. The van der Waals surface area contributed by atoms with E-state index in [9.17, 15) is 4.79 Å². The number of nitrogens with zero attached hydrogens (tertiary/aromatic N) is 4. The van der Waals surface area contributed by atoms with Crippen LogP contribution in [0.4, 0.5) is 11.6 Å². The van der Waals surface area contributed by atoms with Crippen molar-refractivity contribution in [3.63, 3.8) is 0 Å². The summed E-state index contributed by atoms with van der Waals surface area (Å²) in [5.74, 6) is 1.94. The van der Waals surface area contributed by atoms with E-state index in [4.69, 9.17) is 4.74 Å². The smallest absolute Gasteiger partial charge is 0.234 e. The Morgan fingerprint density at radius 2 is 2.00 bits per heavy atom. The molecule has 0 bridgehead atoms. The standard InChI is InChI=1S/C23H33N5O2S/c1-16-8-10-27(11-9-16)22-25-26-23(28(22)14-20-5-4-12-30-20)31-15-21(29)24-19-7-6-17(2)18(3)13-19/h6-7,13,16,20H,4-5,8-12,14-15H2,1-3H3,(H,24,29). The third kappa shape index (κ3) is 5.60. The van der Waals surface area contributed by atoms with E-state index < -0.39 is 0 Å². The molecule has 2 fully saturated rings. The van der Waals surface area contributed by atoms with Gasteiger partial charge in [0.25, 0.3) is 0 Å². The summed E-state index contributed by atoms with van der Waals surface area (Å²) in [5.41, 5.74) is 3.22. The lowest BCUT2D eigenvalue weighted by Gasteiger charge is -2.31. The second-order valence-corrected chi connectivity index (χ2v) is 9.78. The topological polar surface area (TPSA) is 72.3 Å². The summed E-state index contributed by atoms with van der Waals surface area (Å²) in [7, 11) is 0. The normalized spacial score (nSPS) is 19.7. The first-order valence-electron chi connectivity index (χ1n) is 11.3. The van der Waals surface area contributed by atoms with Crippen LogP contribution in [0, 0.1) is 19.8 Å². The van der Waals surface area contributed by atoms with Crippen molar-refractivity contribution >= 4 is 29.3 Å². The number of piperidine rings is 1. The molecule has 1 amide bonds. The number of hydrogen-bond donors (Lipinski definition) is 1. The zero-order valence-corrected chi connectivity index (χ0v) is 19.6. The van der Waals surface area contributed by atoms with Crippen LogP contribution >= 0.6 is 11.8 Å². The minimum atomic E-state index is -0.0340. The lowest BCUT2D eigenvalue weighted by atomic mass is 10.00. The summed E-state index contributed by atoms with van der Waals surface area (Å²) in [6.07, 6.45) is 4.71. The molecule has 7 nitrogen and oxygen atoms in total. The minimum absolute atomic E-state index is 0.0340. The lowest BCUT2D eigenvalue weighted by molar-refractivity contribution is -0.113. The average molecular weight is 444 g/mol. The Bertz CT molecular complexity index is 901. The lowest BCUT2D eigenvalue weighted by Crippen LogP contribution is -2.35. The molecule has 0 spiro atoms. The SMILES string of the molecule is Cc1ccc(NC(=O)CSc2nnc(N3CCC(C)CC3)n2CC2CCCO2)cc1C. The largest absolute Gasteiger partial charge is 0.376 e. The summed E-state index contributed by atoms with van der Waals surface area (Å²) >= 11 is 1.45. The predicted molar refractivity (Wildman–Crippen MR) is 125 cm³/mol. The molecule has 1 N–H and O–H groups in total. The van der Waals surface area contributed by atoms with Crippen LogP contribution in [-0.4, -0.2) is 52.2 Å². The van der Waals surface area contributed by atoms with Crippen LogP contribution in [0.15, 0.2) is 23.4 Å². The monoisotopic (exact) mass is 443 g/mol. The van der Waals surface area contributed by atoms with Crippen LogP contribution in [-0.2, 0) is 16.1 Å². The van der Waals surface area contributed by atoms with Gasteiger partial charge in [-0.05, 0) is 68.7 Å². The van der Waals surface area contributed by atoms with E-state index in [0.29, 0.717) is 5.75 Å². The molecule has 2 aliphatic rings. The third-order valence-electron chi connectivity index (χ3n) is 6.30. The second kappa shape index (κ2) is 10.0. The molecule has 0 aliphatic carbocycles. The Morgan fingerprint density at radius 3 is 2.71 bits per heavy atom. The molecule has 8 heteroatoms. The Kier molecular flexibility index (Phi) is 7.17. The van der Waals surface area contributed by atoms with Gasteiger partial charge in [-0.3, -0.25) is 9.36 Å². The number of amides is 1. The van der Waals surface area contributed by atoms with E-state index in [1.807, 2.05) is 18.2 Å². The molecule has 2 saturated heterocycles. The first-order chi connectivity index (χ1) is 15.0. The summed E-state index contributed by atoms with van der Waals surface area (Å²) in [4.78, 5) is 14.9. The minimum Gasteiger partial charge on any atom is -0.376 e. The molecule has 31 heavy (non-hydrogen) atoms. The number of carbonyl (C=O) groups is 1. The van der Waals surface area contributed by atoms with Crippen molar-refractivity contribution in [3.8, 4) is 0 Å². The second-order valence-electron chi connectivity index (χ2n) is 8.83. The molecule has 1 atom stereocenters. The number of rotatable bonds is 7. The number of aromatic nitrogens is 3. The first kappa shape index (κ1) is 22.1. The molecular formula is C23H33N5O2S. The van der Waals surface area contributed by atoms with Crippen LogP contribution in [0.25, 0.3) is 0 Å². The van der Waals surface area contributed by atoms with Crippen molar-refractivity contribution in [3.05, 3.63) is 29.3 Å². The molecule has 0 saturated carbocycles. The van der Waals surface area contributed by atoms with Crippen molar-refractivity contribution in [2.24, 2.45) is 5.92 Å². The van der Waals surface area contributed by atoms with E-state index in [1.165, 1.54) is 35.7 Å². The van der Waals surface area contributed by atoms with Crippen molar-refractivity contribution in [1.29, 1.82) is 0 Å². The van der Waals surface area contributed by atoms with E-state index in [0.717, 1.165) is 61.8 Å². The number of nitrogens with one attached hydrogen (secondary N) is 1. The van der Waals surface area contributed by atoms with Gasteiger partial charge < -0.3 is 15.0 Å². The Morgan fingerprint density at radius 1 is 1.19 bits per heavy atom. The fourth-order valence-electron chi connectivity index (χ4n) is 4.13. The highest BCUT2D eigenvalue weighted by molar-refractivity contribution is 7.99. The highest BCUT2D eigenvalue weighted by Gasteiger charge is 2.26. The summed E-state index contributed by atoms with van der Waals surface area (Å²) in [6, 6.07) is 5.98. The maximum absolute atomic E-state index is 12.6. The molecule has 1 aromatic heterocycles. The molecule has 4 rings (SSSR count). The Labute approximate surface area is 188 Å². The number of ether oxygens (including phenoxy) is 1. The van der Waals surface area contributed by atoms with Gasteiger partial charge in [-0.2, -0.15) is 0 Å². The van der Waals surface area contributed by atoms with Gasteiger partial charge >= 0.3 is 0 Å². The fourth-order valence-corrected chi connectivity index (χ4v) is 4.87. The van der Waals surface area contributed by atoms with Gasteiger partial charge in [-0.15, -0.1) is 10.2 Å². The highest BCUT2D eigenvalue weighted by atomic mass is 32.2. The zero-order valence-electron chi connectivity index (χ0n) is 18.8. The molecule has 1 aromatic carbocycles. The zero-order chi connectivity index (χ0) is 21.8. The van der Waals surface area contributed by atoms with Crippen LogP contribution in [0.1, 0.15) is 43.7 Å². The number of thioether (sulfide) groups is 1. The molecule has 2 aromatic rings. The molecule has 0 radical (unpaired) electrons. The van der Waals surface area contributed by atoms with Gasteiger partial charge in [0, 0.05) is 25.4 Å². The Balaban J connectivity index is 1.43. The van der Waals surface area contributed by atoms with Gasteiger partial charge in [0.05, 0.1) is 18.4 Å².